The first-order valence-electron chi connectivity index (χ1n) is 4.97. The van der Waals surface area contributed by atoms with Gasteiger partial charge in [-0.05, 0) is 36.2 Å². The van der Waals surface area contributed by atoms with Crippen molar-refractivity contribution in [2.24, 2.45) is 0 Å². The van der Waals surface area contributed by atoms with Crippen molar-refractivity contribution in [3.05, 3.63) is 60.0 Å². The highest BCUT2D eigenvalue weighted by Gasteiger charge is 2.06. The van der Waals surface area contributed by atoms with Gasteiger partial charge in [-0.2, -0.15) is 0 Å². The molecule has 0 atom stereocenters. The lowest BCUT2D eigenvalue weighted by Gasteiger charge is -2.10. The largest absolute Gasteiger partial charge is 0.496 e. The van der Waals surface area contributed by atoms with E-state index in [0.717, 1.165) is 27.5 Å². The van der Waals surface area contributed by atoms with Crippen LogP contribution in [0.1, 0.15) is 5.56 Å². The van der Waals surface area contributed by atoms with Gasteiger partial charge in [0.2, 0.25) is 0 Å². The van der Waals surface area contributed by atoms with E-state index in [-0.39, 0.29) is 0 Å². The van der Waals surface area contributed by atoms with Gasteiger partial charge in [0.1, 0.15) is 5.75 Å². The van der Waals surface area contributed by atoms with Gasteiger partial charge >= 0.3 is 0 Å². The molecule has 0 aliphatic carbocycles. The van der Waals surface area contributed by atoms with Gasteiger partial charge in [0.15, 0.2) is 0 Å². The first-order valence-corrected chi connectivity index (χ1v) is 5.35. The molecule has 2 aromatic rings. The third kappa shape index (κ3) is 2.05. The van der Waals surface area contributed by atoms with Crippen LogP contribution in [0, 0.1) is 6.92 Å². The monoisotopic (exact) mass is 231 g/mol. The molecule has 0 spiro atoms. The smallest absolute Gasteiger partial charge is 0.122 e. The second-order valence-corrected chi connectivity index (χ2v) is 3.93. The zero-order valence-electron chi connectivity index (χ0n) is 9.03. The molecular formula is C14H12ClO. The molecule has 1 radical (unpaired) electrons. The van der Waals surface area contributed by atoms with Crippen molar-refractivity contribution >= 4 is 11.6 Å². The molecule has 0 bridgehead atoms. The fraction of sp³-hybridized carbons (Fsp3) is 0.0714. The number of halogens is 1. The van der Waals surface area contributed by atoms with Crippen LogP contribution in [-0.2, 0) is 0 Å². The summed E-state index contributed by atoms with van der Waals surface area (Å²) in [6, 6.07) is 13.6. The molecule has 0 aliphatic heterocycles. The Morgan fingerprint density at radius 3 is 2.56 bits per heavy atom. The molecule has 2 rings (SSSR count). The predicted octanol–water partition coefficient (Wildman–Crippen LogP) is 4.20. The van der Waals surface area contributed by atoms with E-state index in [9.17, 15) is 0 Å². The highest BCUT2D eigenvalue weighted by molar-refractivity contribution is 6.30. The van der Waals surface area contributed by atoms with Crippen LogP contribution in [0.2, 0.25) is 5.02 Å². The summed E-state index contributed by atoms with van der Waals surface area (Å²) in [5.41, 5.74) is 2.98. The van der Waals surface area contributed by atoms with Crippen LogP contribution in [0.3, 0.4) is 0 Å². The molecule has 1 nitrogen and oxygen atoms in total. The fourth-order valence-electron chi connectivity index (χ4n) is 1.68. The summed E-state index contributed by atoms with van der Waals surface area (Å²) in [7, 11) is 1.64. The van der Waals surface area contributed by atoms with Gasteiger partial charge in [0.25, 0.3) is 0 Å². The van der Waals surface area contributed by atoms with Gasteiger partial charge < -0.3 is 4.74 Å². The minimum atomic E-state index is 0.722. The summed E-state index contributed by atoms with van der Waals surface area (Å²) in [6.45, 7) is 4.03. The Bertz CT molecular complexity index is 506. The molecule has 0 aromatic heterocycles. The highest BCUT2D eigenvalue weighted by atomic mass is 35.5. The van der Waals surface area contributed by atoms with Crippen LogP contribution in [0.4, 0.5) is 0 Å². The Balaban J connectivity index is 2.56. The molecule has 2 aromatic carbocycles. The molecule has 0 amide bonds. The van der Waals surface area contributed by atoms with E-state index in [0.29, 0.717) is 0 Å². The van der Waals surface area contributed by atoms with E-state index in [4.69, 9.17) is 16.3 Å². The van der Waals surface area contributed by atoms with E-state index in [1.54, 1.807) is 7.11 Å². The van der Waals surface area contributed by atoms with Gasteiger partial charge in [-0.15, -0.1) is 0 Å². The van der Waals surface area contributed by atoms with Gasteiger partial charge in [-0.1, -0.05) is 35.9 Å². The summed E-state index contributed by atoms with van der Waals surface area (Å²) in [6.07, 6.45) is 0. The third-order valence-electron chi connectivity index (χ3n) is 2.49. The molecule has 0 saturated carbocycles. The maximum Gasteiger partial charge on any atom is 0.122 e. The van der Waals surface area contributed by atoms with E-state index in [2.05, 4.69) is 6.92 Å². The minimum Gasteiger partial charge on any atom is -0.496 e. The quantitative estimate of drug-likeness (QED) is 0.753. The topological polar surface area (TPSA) is 9.23 Å². The van der Waals surface area contributed by atoms with Crippen LogP contribution in [0.5, 0.6) is 5.75 Å². The Hall–Kier alpha value is -1.47. The molecule has 0 N–H and O–H groups in total. The minimum absolute atomic E-state index is 0.722. The predicted molar refractivity (Wildman–Crippen MR) is 67.9 cm³/mol. The van der Waals surface area contributed by atoms with Gasteiger partial charge in [0, 0.05) is 10.6 Å². The second-order valence-electron chi connectivity index (χ2n) is 3.50. The van der Waals surface area contributed by atoms with Crippen molar-refractivity contribution < 1.29 is 4.74 Å². The van der Waals surface area contributed by atoms with Crippen LogP contribution < -0.4 is 4.74 Å². The Morgan fingerprint density at radius 1 is 1.12 bits per heavy atom. The standard InChI is InChI=1S/C14H12ClO/c1-10-13(7-4-8-14(10)16-2)11-5-3-6-12(15)9-11/h3-9H,1H2,2H3. The average molecular weight is 232 g/mol. The van der Waals surface area contributed by atoms with Crippen LogP contribution in [-0.4, -0.2) is 7.11 Å². The number of hydrogen-bond acceptors (Lipinski definition) is 1. The summed E-state index contributed by atoms with van der Waals surface area (Å²) in [5, 5.41) is 0.722. The van der Waals surface area contributed by atoms with Crippen molar-refractivity contribution in [2.75, 3.05) is 7.11 Å². The normalized spacial score (nSPS) is 10.2. The highest BCUT2D eigenvalue weighted by Crippen LogP contribution is 2.30. The average Bonchev–Trinajstić information content (AvgIpc) is 2.29. The first kappa shape index (κ1) is 11.0. The van der Waals surface area contributed by atoms with Crippen molar-refractivity contribution in [3.63, 3.8) is 0 Å². The van der Waals surface area contributed by atoms with E-state index in [1.165, 1.54) is 0 Å². The number of methoxy groups -OCH3 is 1. The number of rotatable bonds is 2. The fourth-order valence-corrected chi connectivity index (χ4v) is 1.87. The maximum atomic E-state index is 5.97. The molecular weight excluding hydrogens is 220 g/mol. The summed E-state index contributed by atoms with van der Waals surface area (Å²) < 4.78 is 5.24. The molecule has 16 heavy (non-hydrogen) atoms. The Kier molecular flexibility index (Phi) is 3.16. The van der Waals surface area contributed by atoms with Crippen LogP contribution >= 0.6 is 11.6 Å². The number of ether oxygens (including phenoxy) is 1. The van der Waals surface area contributed by atoms with E-state index < -0.39 is 0 Å². The Morgan fingerprint density at radius 2 is 1.88 bits per heavy atom. The van der Waals surface area contributed by atoms with E-state index in [1.807, 2.05) is 42.5 Å². The summed E-state index contributed by atoms with van der Waals surface area (Å²) in [4.78, 5) is 0. The molecule has 0 fully saturated rings. The molecule has 0 unspecified atom stereocenters. The second kappa shape index (κ2) is 4.58. The summed E-state index contributed by atoms with van der Waals surface area (Å²) >= 11 is 5.97. The molecule has 81 valence electrons. The van der Waals surface area contributed by atoms with Crippen LogP contribution in [0.15, 0.2) is 42.5 Å². The third-order valence-corrected chi connectivity index (χ3v) is 2.72. The summed E-state index contributed by atoms with van der Waals surface area (Å²) in [5.74, 6) is 0.789. The first-order chi connectivity index (χ1) is 7.72. The van der Waals surface area contributed by atoms with Crippen molar-refractivity contribution in [3.8, 4) is 16.9 Å². The molecule has 2 heteroatoms. The zero-order chi connectivity index (χ0) is 11.5. The zero-order valence-corrected chi connectivity index (χ0v) is 9.79. The lowest BCUT2D eigenvalue weighted by atomic mass is 10.00. The lowest BCUT2D eigenvalue weighted by Crippen LogP contribution is -1.89. The van der Waals surface area contributed by atoms with Crippen LogP contribution in [0.25, 0.3) is 11.1 Å². The number of benzene rings is 2. The van der Waals surface area contributed by atoms with Crippen molar-refractivity contribution in [2.45, 2.75) is 0 Å². The SMILES string of the molecule is [CH2]c1c(OC)cccc1-c1cccc(Cl)c1. The van der Waals surface area contributed by atoms with Gasteiger partial charge in [-0.3, -0.25) is 0 Å². The lowest BCUT2D eigenvalue weighted by molar-refractivity contribution is 0.413. The van der Waals surface area contributed by atoms with Gasteiger partial charge in [-0.25, -0.2) is 0 Å². The van der Waals surface area contributed by atoms with Crippen molar-refractivity contribution in [1.82, 2.24) is 0 Å². The molecule has 0 saturated heterocycles. The molecule has 0 heterocycles. The van der Waals surface area contributed by atoms with Crippen molar-refractivity contribution in [1.29, 1.82) is 0 Å². The maximum absolute atomic E-state index is 5.97. The Labute approximate surface area is 101 Å². The van der Waals surface area contributed by atoms with E-state index >= 15 is 0 Å². The van der Waals surface area contributed by atoms with Gasteiger partial charge in [0.05, 0.1) is 7.11 Å². The molecule has 0 aliphatic rings. The number of hydrogen-bond donors (Lipinski definition) is 0.